The van der Waals surface area contributed by atoms with E-state index < -0.39 is 0 Å². The number of hydrogen-bond acceptors (Lipinski definition) is 3. The van der Waals surface area contributed by atoms with Crippen LogP contribution in [-0.4, -0.2) is 24.1 Å². The van der Waals surface area contributed by atoms with E-state index in [1.54, 1.807) is 25.1 Å². The Balaban J connectivity index is 2.57. The number of aromatic hydroxyl groups is 1. The molecule has 0 radical (unpaired) electrons. The highest BCUT2D eigenvalue weighted by molar-refractivity contribution is 5.94. The summed E-state index contributed by atoms with van der Waals surface area (Å²) >= 11 is 0. The number of aryl methyl sites for hydroxylation is 1. The average molecular weight is 250 g/mol. The fraction of sp³-hybridized carbons (Fsp3) is 0.500. The predicted octanol–water partition coefficient (Wildman–Crippen LogP) is 1.81. The van der Waals surface area contributed by atoms with E-state index in [4.69, 9.17) is 5.73 Å². The van der Waals surface area contributed by atoms with E-state index in [0.29, 0.717) is 30.1 Å². The standard InChI is InChI=1S/C14H22N2O2/c1-3-11(6-7-15)9-16-14(18)12-4-5-13(17)10(2)8-12/h4-5,8,11,17H,3,6-7,9,15H2,1-2H3,(H,16,18). The summed E-state index contributed by atoms with van der Waals surface area (Å²) in [6, 6.07) is 4.86. The molecule has 0 heterocycles. The quantitative estimate of drug-likeness (QED) is 0.720. The Hall–Kier alpha value is -1.55. The molecule has 0 saturated carbocycles. The molecule has 1 rings (SSSR count). The molecule has 1 amide bonds. The summed E-state index contributed by atoms with van der Waals surface area (Å²) in [6.45, 7) is 5.16. The van der Waals surface area contributed by atoms with Crippen LogP contribution in [0.5, 0.6) is 5.75 Å². The molecule has 0 aromatic heterocycles. The second-order valence-corrected chi connectivity index (χ2v) is 4.56. The van der Waals surface area contributed by atoms with Crippen LogP contribution in [0, 0.1) is 12.8 Å². The molecule has 4 nitrogen and oxygen atoms in total. The third kappa shape index (κ3) is 4.04. The molecule has 4 heteroatoms. The first-order chi connectivity index (χ1) is 8.58. The number of rotatable bonds is 6. The van der Waals surface area contributed by atoms with Crippen molar-refractivity contribution in [3.05, 3.63) is 29.3 Å². The molecule has 0 saturated heterocycles. The minimum atomic E-state index is -0.103. The molecule has 1 unspecified atom stereocenters. The van der Waals surface area contributed by atoms with Gasteiger partial charge in [0, 0.05) is 12.1 Å². The van der Waals surface area contributed by atoms with Crippen molar-refractivity contribution in [2.75, 3.05) is 13.1 Å². The van der Waals surface area contributed by atoms with Crippen LogP contribution < -0.4 is 11.1 Å². The van der Waals surface area contributed by atoms with E-state index in [9.17, 15) is 9.90 Å². The van der Waals surface area contributed by atoms with Gasteiger partial charge < -0.3 is 16.2 Å². The van der Waals surface area contributed by atoms with Gasteiger partial charge in [-0.3, -0.25) is 4.79 Å². The molecule has 100 valence electrons. The summed E-state index contributed by atoms with van der Waals surface area (Å²) in [4.78, 5) is 11.9. The molecular formula is C14H22N2O2. The molecule has 0 spiro atoms. The molecule has 18 heavy (non-hydrogen) atoms. The predicted molar refractivity (Wildman–Crippen MR) is 72.6 cm³/mol. The molecule has 0 aliphatic rings. The maximum absolute atomic E-state index is 11.9. The number of phenolic OH excluding ortho intramolecular Hbond substituents is 1. The Kier molecular flexibility index (Phi) is 5.65. The normalized spacial score (nSPS) is 12.2. The van der Waals surface area contributed by atoms with Crippen LogP contribution in [-0.2, 0) is 0 Å². The molecule has 1 aromatic rings. The monoisotopic (exact) mass is 250 g/mol. The lowest BCUT2D eigenvalue weighted by atomic mass is 10.0. The minimum Gasteiger partial charge on any atom is -0.508 e. The van der Waals surface area contributed by atoms with Crippen molar-refractivity contribution >= 4 is 5.91 Å². The number of amides is 1. The van der Waals surface area contributed by atoms with Crippen molar-refractivity contribution in [1.82, 2.24) is 5.32 Å². The molecule has 1 atom stereocenters. The summed E-state index contributed by atoms with van der Waals surface area (Å²) in [6.07, 6.45) is 1.93. The van der Waals surface area contributed by atoms with Crippen LogP contribution in [0.15, 0.2) is 18.2 Å². The number of hydrogen-bond donors (Lipinski definition) is 3. The van der Waals surface area contributed by atoms with E-state index in [2.05, 4.69) is 12.2 Å². The molecule has 0 fully saturated rings. The fourth-order valence-electron chi connectivity index (χ4n) is 1.82. The van der Waals surface area contributed by atoms with Gasteiger partial charge in [0.1, 0.15) is 5.75 Å². The highest BCUT2D eigenvalue weighted by atomic mass is 16.3. The fourth-order valence-corrected chi connectivity index (χ4v) is 1.82. The maximum Gasteiger partial charge on any atom is 0.251 e. The molecule has 4 N–H and O–H groups in total. The van der Waals surface area contributed by atoms with Gasteiger partial charge in [0.05, 0.1) is 0 Å². The molecular weight excluding hydrogens is 228 g/mol. The number of benzene rings is 1. The van der Waals surface area contributed by atoms with Gasteiger partial charge in [0.2, 0.25) is 0 Å². The van der Waals surface area contributed by atoms with Gasteiger partial charge in [-0.1, -0.05) is 13.3 Å². The van der Waals surface area contributed by atoms with Gasteiger partial charge in [0.25, 0.3) is 5.91 Å². The highest BCUT2D eigenvalue weighted by Crippen LogP contribution is 2.17. The summed E-state index contributed by atoms with van der Waals surface area (Å²) in [5.41, 5.74) is 6.80. The summed E-state index contributed by atoms with van der Waals surface area (Å²) in [7, 11) is 0. The largest absolute Gasteiger partial charge is 0.508 e. The number of nitrogens with one attached hydrogen (secondary N) is 1. The first kappa shape index (κ1) is 14.5. The molecule has 0 bridgehead atoms. The third-order valence-corrected chi connectivity index (χ3v) is 3.16. The lowest BCUT2D eigenvalue weighted by molar-refractivity contribution is 0.0946. The zero-order valence-electron chi connectivity index (χ0n) is 11.1. The zero-order chi connectivity index (χ0) is 13.5. The summed E-state index contributed by atoms with van der Waals surface area (Å²) < 4.78 is 0. The zero-order valence-corrected chi connectivity index (χ0v) is 11.1. The van der Waals surface area contributed by atoms with Gasteiger partial charge in [-0.2, -0.15) is 0 Å². The van der Waals surface area contributed by atoms with E-state index in [-0.39, 0.29) is 11.7 Å². The van der Waals surface area contributed by atoms with Crippen molar-refractivity contribution in [2.45, 2.75) is 26.7 Å². The van der Waals surface area contributed by atoms with Crippen molar-refractivity contribution in [3.8, 4) is 5.75 Å². The van der Waals surface area contributed by atoms with Crippen molar-refractivity contribution in [3.63, 3.8) is 0 Å². The minimum absolute atomic E-state index is 0.103. The van der Waals surface area contributed by atoms with Gasteiger partial charge >= 0.3 is 0 Å². The van der Waals surface area contributed by atoms with E-state index >= 15 is 0 Å². The van der Waals surface area contributed by atoms with Crippen LogP contribution >= 0.6 is 0 Å². The van der Waals surface area contributed by atoms with Crippen molar-refractivity contribution in [1.29, 1.82) is 0 Å². The van der Waals surface area contributed by atoms with Crippen molar-refractivity contribution in [2.24, 2.45) is 11.7 Å². The molecule has 1 aromatic carbocycles. The van der Waals surface area contributed by atoms with E-state index in [1.165, 1.54) is 0 Å². The van der Waals surface area contributed by atoms with Crippen LogP contribution in [0.25, 0.3) is 0 Å². The Morgan fingerprint density at radius 3 is 2.78 bits per heavy atom. The van der Waals surface area contributed by atoms with Crippen LogP contribution in [0.1, 0.15) is 35.7 Å². The van der Waals surface area contributed by atoms with Crippen molar-refractivity contribution < 1.29 is 9.90 Å². The Labute approximate surface area is 108 Å². The van der Waals surface area contributed by atoms with Gasteiger partial charge in [-0.15, -0.1) is 0 Å². The Bertz CT molecular complexity index is 405. The number of phenols is 1. The maximum atomic E-state index is 11.9. The SMILES string of the molecule is CCC(CCN)CNC(=O)c1ccc(O)c(C)c1. The number of nitrogens with two attached hydrogens (primary N) is 1. The van der Waals surface area contributed by atoms with Gasteiger partial charge in [-0.05, 0) is 49.6 Å². The first-order valence-electron chi connectivity index (χ1n) is 6.36. The Morgan fingerprint density at radius 2 is 2.22 bits per heavy atom. The van der Waals surface area contributed by atoms with Crippen LogP contribution in [0.2, 0.25) is 0 Å². The van der Waals surface area contributed by atoms with E-state index in [0.717, 1.165) is 12.8 Å². The summed E-state index contributed by atoms with van der Waals surface area (Å²) in [5, 5.41) is 12.3. The first-order valence-corrected chi connectivity index (χ1v) is 6.36. The Morgan fingerprint density at radius 1 is 1.50 bits per heavy atom. The smallest absolute Gasteiger partial charge is 0.251 e. The second kappa shape index (κ2) is 7.01. The molecule has 0 aliphatic carbocycles. The lowest BCUT2D eigenvalue weighted by Crippen LogP contribution is -2.30. The highest BCUT2D eigenvalue weighted by Gasteiger charge is 2.10. The summed E-state index contributed by atoms with van der Waals surface area (Å²) in [5.74, 6) is 0.534. The third-order valence-electron chi connectivity index (χ3n) is 3.16. The van der Waals surface area contributed by atoms with Crippen LogP contribution in [0.4, 0.5) is 0 Å². The molecule has 0 aliphatic heterocycles. The van der Waals surface area contributed by atoms with E-state index in [1.807, 2.05) is 0 Å². The van der Waals surface area contributed by atoms with Gasteiger partial charge in [-0.25, -0.2) is 0 Å². The lowest BCUT2D eigenvalue weighted by Gasteiger charge is -2.14. The number of carbonyl (C=O) groups excluding carboxylic acids is 1. The second-order valence-electron chi connectivity index (χ2n) is 4.56. The average Bonchev–Trinajstić information content (AvgIpc) is 2.37. The number of carbonyl (C=O) groups is 1. The van der Waals surface area contributed by atoms with Gasteiger partial charge in [0.15, 0.2) is 0 Å². The topological polar surface area (TPSA) is 75.3 Å². The van der Waals surface area contributed by atoms with Crippen LogP contribution in [0.3, 0.4) is 0 Å².